The van der Waals surface area contributed by atoms with E-state index >= 15 is 0 Å². The first-order valence-corrected chi connectivity index (χ1v) is 9.27. The molecule has 0 fully saturated rings. The molecule has 6 heteroatoms. The zero-order valence-electron chi connectivity index (χ0n) is 14.1. The second-order valence-corrected chi connectivity index (χ2v) is 7.32. The lowest BCUT2D eigenvalue weighted by atomic mass is 10.2. The summed E-state index contributed by atoms with van der Waals surface area (Å²) in [4.78, 5) is 16.6. The Balaban J connectivity index is 1.48. The first kappa shape index (κ1) is 17.7. The Hall–Kier alpha value is -2.11. The summed E-state index contributed by atoms with van der Waals surface area (Å²) in [7, 11) is 0. The van der Waals surface area contributed by atoms with Crippen LogP contribution in [0.2, 0.25) is 5.02 Å². The van der Waals surface area contributed by atoms with Crippen molar-refractivity contribution >= 4 is 44.2 Å². The molecule has 25 heavy (non-hydrogen) atoms. The number of amides is 1. The Kier molecular flexibility index (Phi) is 5.56. The van der Waals surface area contributed by atoms with E-state index in [0.717, 1.165) is 27.1 Å². The van der Waals surface area contributed by atoms with Gasteiger partial charge >= 0.3 is 0 Å². The lowest BCUT2D eigenvalue weighted by Crippen LogP contribution is -2.12. The number of rotatable bonds is 6. The molecule has 3 aromatic rings. The molecule has 0 aliphatic carbocycles. The average molecular weight is 375 g/mol. The van der Waals surface area contributed by atoms with Crippen molar-refractivity contribution in [2.75, 3.05) is 11.9 Å². The first-order chi connectivity index (χ1) is 12.0. The molecule has 3 rings (SSSR count). The minimum atomic E-state index is -0.0480. The maximum absolute atomic E-state index is 12.1. The van der Waals surface area contributed by atoms with Crippen molar-refractivity contribution in [2.24, 2.45) is 0 Å². The van der Waals surface area contributed by atoms with Crippen LogP contribution >= 0.6 is 22.9 Å². The van der Waals surface area contributed by atoms with E-state index in [-0.39, 0.29) is 5.91 Å². The van der Waals surface area contributed by atoms with Gasteiger partial charge in [-0.15, -0.1) is 0 Å². The summed E-state index contributed by atoms with van der Waals surface area (Å²) in [6.07, 6.45) is 1.03. The van der Waals surface area contributed by atoms with Gasteiger partial charge in [-0.05, 0) is 55.7 Å². The molecule has 0 spiro atoms. The van der Waals surface area contributed by atoms with Gasteiger partial charge in [-0.3, -0.25) is 4.79 Å². The molecule has 0 bridgehead atoms. The third kappa shape index (κ3) is 4.50. The van der Waals surface area contributed by atoms with Crippen molar-refractivity contribution in [1.82, 2.24) is 4.98 Å². The van der Waals surface area contributed by atoms with Crippen LogP contribution in [0.25, 0.3) is 10.2 Å². The summed E-state index contributed by atoms with van der Waals surface area (Å²) in [6, 6.07) is 11.5. The molecule has 1 heterocycles. The zero-order valence-corrected chi connectivity index (χ0v) is 15.7. The standard InChI is InChI=1S/C19H19ClN2O2S/c1-12-5-3-6-16-18(12)22-19(25-16)21-17(23)7-4-10-24-15-9-8-14(20)11-13(15)2/h3,5-6,8-9,11H,4,7,10H2,1-2H3,(H,21,22,23). The van der Waals surface area contributed by atoms with Crippen LogP contribution in [0.15, 0.2) is 36.4 Å². The fraction of sp³-hybridized carbons (Fsp3) is 0.263. The number of carbonyl (C=O) groups is 1. The van der Waals surface area contributed by atoms with E-state index in [2.05, 4.69) is 10.3 Å². The molecule has 2 aromatic carbocycles. The normalized spacial score (nSPS) is 10.8. The van der Waals surface area contributed by atoms with E-state index in [0.29, 0.717) is 29.6 Å². The quantitative estimate of drug-likeness (QED) is 0.590. The fourth-order valence-electron chi connectivity index (χ4n) is 2.51. The highest BCUT2D eigenvalue weighted by atomic mass is 35.5. The molecule has 1 aromatic heterocycles. The van der Waals surface area contributed by atoms with E-state index in [9.17, 15) is 4.79 Å². The predicted molar refractivity (Wildman–Crippen MR) is 104 cm³/mol. The van der Waals surface area contributed by atoms with Crippen molar-refractivity contribution in [2.45, 2.75) is 26.7 Å². The number of aromatic nitrogens is 1. The SMILES string of the molecule is Cc1cc(Cl)ccc1OCCCC(=O)Nc1nc2c(C)cccc2s1. The number of aryl methyl sites for hydroxylation is 2. The highest BCUT2D eigenvalue weighted by molar-refractivity contribution is 7.22. The molecular formula is C19H19ClN2O2S. The number of hydrogen-bond donors (Lipinski definition) is 1. The van der Waals surface area contributed by atoms with Crippen LogP contribution in [0.3, 0.4) is 0 Å². The molecule has 0 aliphatic heterocycles. The van der Waals surface area contributed by atoms with Gasteiger partial charge in [0.2, 0.25) is 5.91 Å². The van der Waals surface area contributed by atoms with Crippen LogP contribution in [0.4, 0.5) is 5.13 Å². The minimum Gasteiger partial charge on any atom is -0.493 e. The number of ether oxygens (including phenoxy) is 1. The molecule has 1 amide bonds. The predicted octanol–water partition coefficient (Wildman–Crippen LogP) is 5.36. The van der Waals surface area contributed by atoms with Gasteiger partial charge in [0.1, 0.15) is 5.75 Å². The fourth-order valence-corrected chi connectivity index (χ4v) is 3.70. The maximum Gasteiger partial charge on any atom is 0.226 e. The van der Waals surface area contributed by atoms with E-state index in [1.54, 1.807) is 6.07 Å². The number of nitrogens with zero attached hydrogens (tertiary/aromatic N) is 1. The number of halogens is 1. The largest absolute Gasteiger partial charge is 0.493 e. The van der Waals surface area contributed by atoms with Crippen LogP contribution in [-0.2, 0) is 4.79 Å². The van der Waals surface area contributed by atoms with Gasteiger partial charge in [-0.25, -0.2) is 4.98 Å². The van der Waals surface area contributed by atoms with Crippen molar-refractivity contribution in [3.8, 4) is 5.75 Å². The van der Waals surface area contributed by atoms with Gasteiger partial charge in [0, 0.05) is 11.4 Å². The Morgan fingerprint density at radius 1 is 1.24 bits per heavy atom. The van der Waals surface area contributed by atoms with Crippen molar-refractivity contribution in [3.05, 3.63) is 52.5 Å². The van der Waals surface area contributed by atoms with Crippen molar-refractivity contribution in [3.63, 3.8) is 0 Å². The Morgan fingerprint density at radius 3 is 2.84 bits per heavy atom. The van der Waals surface area contributed by atoms with Gasteiger partial charge in [0.15, 0.2) is 5.13 Å². The molecule has 0 aliphatic rings. The number of carbonyl (C=O) groups excluding carboxylic acids is 1. The van der Waals surface area contributed by atoms with Crippen molar-refractivity contribution < 1.29 is 9.53 Å². The molecule has 0 radical (unpaired) electrons. The lowest BCUT2D eigenvalue weighted by Gasteiger charge is -2.09. The molecule has 0 saturated carbocycles. The molecule has 0 unspecified atom stereocenters. The number of hydrogen-bond acceptors (Lipinski definition) is 4. The lowest BCUT2D eigenvalue weighted by molar-refractivity contribution is -0.116. The third-order valence-corrected chi connectivity index (χ3v) is 4.98. The maximum atomic E-state index is 12.1. The number of benzene rings is 2. The van der Waals surface area contributed by atoms with E-state index in [1.807, 2.05) is 44.2 Å². The molecule has 4 nitrogen and oxygen atoms in total. The summed E-state index contributed by atoms with van der Waals surface area (Å²) in [5.41, 5.74) is 3.05. The Morgan fingerprint density at radius 2 is 2.08 bits per heavy atom. The number of para-hydroxylation sites is 1. The summed E-state index contributed by atoms with van der Waals surface area (Å²) in [5, 5.41) is 4.20. The van der Waals surface area contributed by atoms with Gasteiger partial charge in [-0.1, -0.05) is 35.1 Å². The van der Waals surface area contributed by atoms with Crippen LogP contribution in [0, 0.1) is 13.8 Å². The summed E-state index contributed by atoms with van der Waals surface area (Å²) >= 11 is 7.41. The number of fused-ring (bicyclic) bond motifs is 1. The summed E-state index contributed by atoms with van der Waals surface area (Å²) in [6.45, 7) is 4.45. The second-order valence-electron chi connectivity index (χ2n) is 5.85. The smallest absolute Gasteiger partial charge is 0.226 e. The molecule has 130 valence electrons. The van der Waals surface area contributed by atoms with Crippen LogP contribution in [-0.4, -0.2) is 17.5 Å². The van der Waals surface area contributed by atoms with E-state index in [4.69, 9.17) is 16.3 Å². The zero-order chi connectivity index (χ0) is 17.8. The van der Waals surface area contributed by atoms with E-state index < -0.39 is 0 Å². The van der Waals surface area contributed by atoms with Gasteiger partial charge in [0.05, 0.1) is 16.8 Å². The Bertz CT molecular complexity index is 908. The molecule has 1 N–H and O–H groups in total. The van der Waals surface area contributed by atoms with Crippen LogP contribution in [0.5, 0.6) is 5.75 Å². The summed E-state index contributed by atoms with van der Waals surface area (Å²) < 4.78 is 6.78. The van der Waals surface area contributed by atoms with Gasteiger partial charge < -0.3 is 10.1 Å². The minimum absolute atomic E-state index is 0.0480. The Labute approximate surface area is 155 Å². The first-order valence-electron chi connectivity index (χ1n) is 8.08. The topological polar surface area (TPSA) is 51.2 Å². The highest BCUT2D eigenvalue weighted by Crippen LogP contribution is 2.28. The van der Waals surface area contributed by atoms with E-state index in [1.165, 1.54) is 11.3 Å². The van der Waals surface area contributed by atoms with Crippen molar-refractivity contribution in [1.29, 1.82) is 0 Å². The average Bonchev–Trinajstić information content (AvgIpc) is 2.97. The molecule has 0 saturated heterocycles. The van der Waals surface area contributed by atoms with Gasteiger partial charge in [-0.2, -0.15) is 0 Å². The van der Waals surface area contributed by atoms with Gasteiger partial charge in [0.25, 0.3) is 0 Å². The second kappa shape index (κ2) is 7.85. The van der Waals surface area contributed by atoms with Crippen LogP contribution in [0.1, 0.15) is 24.0 Å². The monoisotopic (exact) mass is 374 g/mol. The highest BCUT2D eigenvalue weighted by Gasteiger charge is 2.09. The third-order valence-electron chi connectivity index (χ3n) is 3.81. The molecular weight excluding hydrogens is 356 g/mol. The number of nitrogens with one attached hydrogen (secondary N) is 1. The number of anilines is 1. The number of thiazole rings is 1. The van der Waals surface area contributed by atoms with Crippen LogP contribution < -0.4 is 10.1 Å². The molecule has 0 atom stereocenters. The summed E-state index contributed by atoms with van der Waals surface area (Å²) in [5.74, 6) is 0.750.